The molecule has 1 aliphatic rings. The van der Waals surface area contributed by atoms with Crippen LogP contribution in [0.25, 0.3) is 0 Å². The summed E-state index contributed by atoms with van der Waals surface area (Å²) < 4.78 is 37.0. The predicted molar refractivity (Wildman–Crippen MR) is 68.4 cm³/mol. The number of anilines is 1. The van der Waals surface area contributed by atoms with Crippen molar-refractivity contribution in [2.45, 2.75) is 13.1 Å². The molecule has 4 nitrogen and oxygen atoms in total. The van der Waals surface area contributed by atoms with Crippen molar-refractivity contribution in [2.24, 2.45) is 0 Å². The maximum absolute atomic E-state index is 12.3. The van der Waals surface area contributed by atoms with Gasteiger partial charge in [0.05, 0.1) is 12.1 Å². The third kappa shape index (κ3) is 3.39. The molecule has 108 valence electrons. The van der Waals surface area contributed by atoms with Gasteiger partial charge in [-0.15, -0.1) is 0 Å². The number of nitriles is 1. The molecule has 0 aliphatic carbocycles. The number of aromatic nitrogens is 1. The first-order chi connectivity index (χ1) is 9.40. The van der Waals surface area contributed by atoms with Crippen molar-refractivity contribution in [3.8, 4) is 6.07 Å². The third-order valence-electron chi connectivity index (χ3n) is 3.33. The van der Waals surface area contributed by atoms with E-state index in [0.717, 1.165) is 5.56 Å². The lowest BCUT2D eigenvalue weighted by atomic mass is 10.1. The van der Waals surface area contributed by atoms with Crippen LogP contribution in [-0.2, 0) is 0 Å². The Hall–Kier alpha value is -1.81. The summed E-state index contributed by atoms with van der Waals surface area (Å²) in [5, 5.41) is 9.16. The summed E-state index contributed by atoms with van der Waals surface area (Å²) in [7, 11) is 0. The minimum atomic E-state index is -4.17. The standard InChI is InChI=1S/C13H15F3N4/c1-10-2-3-18-12(11(10)8-17)20-6-4-19(5-7-20)9-13(14,15)16/h2-3H,4-7,9H2,1H3. The van der Waals surface area contributed by atoms with Crippen LogP contribution in [0.3, 0.4) is 0 Å². The zero-order valence-electron chi connectivity index (χ0n) is 11.1. The normalized spacial score (nSPS) is 17.1. The van der Waals surface area contributed by atoms with E-state index in [0.29, 0.717) is 37.6 Å². The Balaban J connectivity index is 2.05. The largest absolute Gasteiger partial charge is 0.401 e. The van der Waals surface area contributed by atoms with Crippen LogP contribution in [0.4, 0.5) is 19.0 Å². The Morgan fingerprint density at radius 3 is 2.50 bits per heavy atom. The van der Waals surface area contributed by atoms with Crippen molar-refractivity contribution >= 4 is 5.82 Å². The minimum absolute atomic E-state index is 0.319. The number of rotatable bonds is 2. The van der Waals surface area contributed by atoms with Crippen molar-refractivity contribution in [1.82, 2.24) is 9.88 Å². The van der Waals surface area contributed by atoms with Crippen molar-refractivity contribution in [2.75, 3.05) is 37.6 Å². The van der Waals surface area contributed by atoms with Gasteiger partial charge in [-0.3, -0.25) is 4.90 Å². The molecule has 0 bridgehead atoms. The zero-order chi connectivity index (χ0) is 14.8. The Kier molecular flexibility index (Phi) is 4.14. The molecule has 7 heteroatoms. The second kappa shape index (κ2) is 5.67. The molecule has 0 aromatic carbocycles. The van der Waals surface area contributed by atoms with Crippen LogP contribution in [0, 0.1) is 18.3 Å². The van der Waals surface area contributed by atoms with Crippen molar-refractivity contribution < 1.29 is 13.2 Å². The molecule has 0 saturated carbocycles. The average molecular weight is 284 g/mol. The molecule has 1 aromatic rings. The zero-order valence-corrected chi connectivity index (χ0v) is 11.1. The third-order valence-corrected chi connectivity index (χ3v) is 3.33. The lowest BCUT2D eigenvalue weighted by Crippen LogP contribution is -2.49. The molecule has 1 aromatic heterocycles. The Morgan fingerprint density at radius 2 is 1.95 bits per heavy atom. The quantitative estimate of drug-likeness (QED) is 0.832. The number of alkyl halides is 3. The summed E-state index contributed by atoms with van der Waals surface area (Å²) in [5.41, 5.74) is 1.33. The number of piperazine rings is 1. The molecule has 0 N–H and O–H groups in total. The highest BCUT2D eigenvalue weighted by atomic mass is 19.4. The molecule has 2 heterocycles. The van der Waals surface area contributed by atoms with E-state index in [2.05, 4.69) is 11.1 Å². The molecule has 2 rings (SSSR count). The van der Waals surface area contributed by atoms with Gasteiger partial charge in [0.1, 0.15) is 11.9 Å². The number of aryl methyl sites for hydroxylation is 1. The molecule has 0 spiro atoms. The highest BCUT2D eigenvalue weighted by Gasteiger charge is 2.32. The number of nitrogens with zero attached hydrogens (tertiary/aromatic N) is 4. The first-order valence-electron chi connectivity index (χ1n) is 6.30. The fraction of sp³-hybridized carbons (Fsp3) is 0.538. The molecular weight excluding hydrogens is 269 g/mol. The van der Waals surface area contributed by atoms with Gasteiger partial charge in [-0.2, -0.15) is 18.4 Å². The molecule has 1 fully saturated rings. The smallest absolute Gasteiger partial charge is 0.353 e. The topological polar surface area (TPSA) is 43.2 Å². The molecule has 1 saturated heterocycles. The monoisotopic (exact) mass is 284 g/mol. The van der Waals surface area contributed by atoms with Gasteiger partial charge in [-0.1, -0.05) is 0 Å². The van der Waals surface area contributed by atoms with E-state index in [1.807, 2.05) is 11.8 Å². The van der Waals surface area contributed by atoms with Gasteiger partial charge in [0.2, 0.25) is 0 Å². The fourth-order valence-corrected chi connectivity index (χ4v) is 2.29. The molecular formula is C13H15F3N4. The molecule has 0 radical (unpaired) electrons. The highest BCUT2D eigenvalue weighted by Crippen LogP contribution is 2.23. The number of pyridine rings is 1. The van der Waals surface area contributed by atoms with Crippen LogP contribution < -0.4 is 4.90 Å². The summed E-state index contributed by atoms with van der Waals surface area (Å²) in [6, 6.07) is 3.86. The second-order valence-electron chi connectivity index (χ2n) is 4.82. The molecule has 0 amide bonds. The highest BCUT2D eigenvalue weighted by molar-refractivity contribution is 5.57. The van der Waals surface area contributed by atoms with Crippen molar-refractivity contribution in [1.29, 1.82) is 5.26 Å². The number of hydrogen-bond donors (Lipinski definition) is 0. The van der Waals surface area contributed by atoms with E-state index in [-0.39, 0.29) is 0 Å². The predicted octanol–water partition coefficient (Wildman–Crippen LogP) is 1.95. The van der Waals surface area contributed by atoms with Gasteiger partial charge in [-0.25, -0.2) is 4.98 Å². The molecule has 1 aliphatic heterocycles. The maximum atomic E-state index is 12.3. The molecule has 0 unspecified atom stereocenters. The van der Waals surface area contributed by atoms with E-state index in [1.54, 1.807) is 12.3 Å². The second-order valence-corrected chi connectivity index (χ2v) is 4.82. The van der Waals surface area contributed by atoms with Gasteiger partial charge < -0.3 is 4.90 Å². The van der Waals surface area contributed by atoms with Crippen LogP contribution >= 0.6 is 0 Å². The van der Waals surface area contributed by atoms with Gasteiger partial charge in [0, 0.05) is 32.4 Å². The lowest BCUT2D eigenvalue weighted by molar-refractivity contribution is -0.146. The van der Waals surface area contributed by atoms with E-state index in [9.17, 15) is 13.2 Å². The summed E-state index contributed by atoms with van der Waals surface area (Å²) in [6.07, 6.45) is -2.55. The molecule has 0 atom stereocenters. The van der Waals surface area contributed by atoms with Crippen molar-refractivity contribution in [3.05, 3.63) is 23.4 Å². The van der Waals surface area contributed by atoms with E-state index >= 15 is 0 Å². The summed E-state index contributed by atoms with van der Waals surface area (Å²) in [4.78, 5) is 7.44. The minimum Gasteiger partial charge on any atom is -0.353 e. The number of halogens is 3. The van der Waals surface area contributed by atoms with Crippen LogP contribution in [0.15, 0.2) is 12.3 Å². The summed E-state index contributed by atoms with van der Waals surface area (Å²) in [5.74, 6) is 0.569. The van der Waals surface area contributed by atoms with Gasteiger partial charge in [0.25, 0.3) is 0 Å². The lowest BCUT2D eigenvalue weighted by Gasteiger charge is -2.36. The Bertz CT molecular complexity index is 513. The maximum Gasteiger partial charge on any atom is 0.401 e. The van der Waals surface area contributed by atoms with Crippen LogP contribution in [0.2, 0.25) is 0 Å². The average Bonchev–Trinajstić information content (AvgIpc) is 2.37. The first kappa shape index (κ1) is 14.6. The van der Waals surface area contributed by atoms with Crippen molar-refractivity contribution in [3.63, 3.8) is 0 Å². The summed E-state index contributed by atoms with van der Waals surface area (Å²) >= 11 is 0. The summed E-state index contributed by atoms with van der Waals surface area (Å²) in [6.45, 7) is 2.47. The van der Waals surface area contributed by atoms with Crippen LogP contribution in [0.1, 0.15) is 11.1 Å². The Morgan fingerprint density at radius 1 is 1.30 bits per heavy atom. The SMILES string of the molecule is Cc1ccnc(N2CCN(CC(F)(F)F)CC2)c1C#N. The fourth-order valence-electron chi connectivity index (χ4n) is 2.29. The van der Waals surface area contributed by atoms with Crippen LogP contribution in [-0.4, -0.2) is 48.8 Å². The van der Waals surface area contributed by atoms with Gasteiger partial charge in [-0.05, 0) is 18.6 Å². The van der Waals surface area contributed by atoms with Gasteiger partial charge >= 0.3 is 6.18 Å². The molecule has 20 heavy (non-hydrogen) atoms. The number of hydrogen-bond acceptors (Lipinski definition) is 4. The van der Waals surface area contributed by atoms with Crippen LogP contribution in [0.5, 0.6) is 0 Å². The van der Waals surface area contributed by atoms with E-state index < -0.39 is 12.7 Å². The van der Waals surface area contributed by atoms with Gasteiger partial charge in [0.15, 0.2) is 0 Å². The first-order valence-corrected chi connectivity index (χ1v) is 6.30. The van der Waals surface area contributed by atoms with E-state index in [1.165, 1.54) is 4.90 Å². The Labute approximate surface area is 115 Å². The van der Waals surface area contributed by atoms with E-state index in [4.69, 9.17) is 5.26 Å².